The SMILES string of the molecule is Cc1cccc(C(=O)N(C)CCO)c1O. The number of amides is 1. The number of aliphatic hydroxyl groups is 1. The van der Waals surface area contributed by atoms with Crippen LogP contribution >= 0.6 is 0 Å². The van der Waals surface area contributed by atoms with E-state index < -0.39 is 0 Å². The highest BCUT2D eigenvalue weighted by atomic mass is 16.3. The molecule has 0 heterocycles. The van der Waals surface area contributed by atoms with Crippen LogP contribution in [0, 0.1) is 6.92 Å². The molecule has 0 fully saturated rings. The highest BCUT2D eigenvalue weighted by molar-refractivity contribution is 5.97. The summed E-state index contributed by atoms with van der Waals surface area (Å²) in [5.74, 6) is -0.280. The van der Waals surface area contributed by atoms with Gasteiger partial charge in [-0.1, -0.05) is 12.1 Å². The second-order valence-electron chi connectivity index (χ2n) is 3.42. The monoisotopic (exact) mass is 209 g/mol. The number of likely N-dealkylation sites (N-methyl/N-ethyl adjacent to an activating group) is 1. The maximum Gasteiger partial charge on any atom is 0.257 e. The number of carbonyl (C=O) groups is 1. The van der Waals surface area contributed by atoms with Crippen molar-refractivity contribution in [2.75, 3.05) is 20.2 Å². The standard InChI is InChI=1S/C11H15NO3/c1-8-4-3-5-9(10(8)14)11(15)12(2)6-7-13/h3-5,13-14H,6-7H2,1-2H3. The van der Waals surface area contributed by atoms with Crippen LogP contribution < -0.4 is 0 Å². The van der Waals surface area contributed by atoms with E-state index in [1.807, 2.05) is 0 Å². The summed E-state index contributed by atoms with van der Waals surface area (Å²) in [7, 11) is 1.58. The van der Waals surface area contributed by atoms with E-state index in [9.17, 15) is 9.90 Å². The number of hydrogen-bond acceptors (Lipinski definition) is 3. The number of aromatic hydroxyl groups is 1. The fraction of sp³-hybridized carbons (Fsp3) is 0.364. The fourth-order valence-corrected chi connectivity index (χ4v) is 1.29. The molecule has 1 amide bonds. The van der Waals surface area contributed by atoms with Crippen LogP contribution in [0.2, 0.25) is 0 Å². The van der Waals surface area contributed by atoms with Crippen molar-refractivity contribution in [3.63, 3.8) is 0 Å². The number of nitrogens with zero attached hydrogens (tertiary/aromatic N) is 1. The van der Waals surface area contributed by atoms with Gasteiger partial charge in [0.25, 0.3) is 5.91 Å². The van der Waals surface area contributed by atoms with E-state index in [2.05, 4.69) is 0 Å². The first kappa shape index (κ1) is 11.5. The van der Waals surface area contributed by atoms with E-state index in [1.54, 1.807) is 32.2 Å². The largest absolute Gasteiger partial charge is 0.507 e. The molecule has 0 saturated carbocycles. The minimum Gasteiger partial charge on any atom is -0.507 e. The molecular formula is C11H15NO3. The molecule has 2 N–H and O–H groups in total. The Hall–Kier alpha value is -1.55. The number of phenolic OH excluding ortho intramolecular Hbond substituents is 1. The molecule has 82 valence electrons. The first-order valence-corrected chi connectivity index (χ1v) is 4.73. The smallest absolute Gasteiger partial charge is 0.257 e. The van der Waals surface area contributed by atoms with E-state index in [0.29, 0.717) is 5.56 Å². The summed E-state index contributed by atoms with van der Waals surface area (Å²) in [5, 5.41) is 18.4. The molecule has 4 heteroatoms. The molecule has 0 saturated heterocycles. The summed E-state index contributed by atoms with van der Waals surface area (Å²) < 4.78 is 0. The third kappa shape index (κ3) is 2.47. The second kappa shape index (κ2) is 4.79. The first-order valence-electron chi connectivity index (χ1n) is 4.73. The minimum atomic E-state index is -0.287. The van der Waals surface area contributed by atoms with Gasteiger partial charge in [-0.25, -0.2) is 0 Å². The zero-order chi connectivity index (χ0) is 11.4. The quantitative estimate of drug-likeness (QED) is 0.772. The zero-order valence-corrected chi connectivity index (χ0v) is 8.90. The van der Waals surface area contributed by atoms with Gasteiger partial charge in [-0.2, -0.15) is 0 Å². The molecule has 4 nitrogen and oxygen atoms in total. The lowest BCUT2D eigenvalue weighted by Crippen LogP contribution is -2.29. The normalized spacial score (nSPS) is 10.1. The Morgan fingerprint density at radius 1 is 1.47 bits per heavy atom. The highest BCUT2D eigenvalue weighted by Crippen LogP contribution is 2.22. The molecule has 0 spiro atoms. The summed E-state index contributed by atoms with van der Waals surface area (Å²) in [6.45, 7) is 1.90. The Morgan fingerprint density at radius 3 is 2.73 bits per heavy atom. The van der Waals surface area contributed by atoms with Crippen molar-refractivity contribution in [2.45, 2.75) is 6.92 Å². The molecule has 0 atom stereocenters. The van der Waals surface area contributed by atoms with Crippen molar-refractivity contribution in [3.8, 4) is 5.75 Å². The van der Waals surface area contributed by atoms with Crippen LogP contribution in [0.5, 0.6) is 5.75 Å². The number of aliphatic hydroxyl groups excluding tert-OH is 1. The maximum atomic E-state index is 11.8. The van der Waals surface area contributed by atoms with E-state index in [4.69, 9.17) is 5.11 Å². The molecule has 1 rings (SSSR count). The van der Waals surface area contributed by atoms with Crippen molar-refractivity contribution in [3.05, 3.63) is 29.3 Å². The molecule has 1 aromatic rings. The molecule has 0 aliphatic carbocycles. The summed E-state index contributed by atoms with van der Waals surface area (Å²) in [4.78, 5) is 13.1. The number of aryl methyl sites for hydroxylation is 1. The number of rotatable bonds is 3. The molecule has 0 unspecified atom stereocenters. The third-order valence-corrected chi connectivity index (χ3v) is 2.25. The Balaban J connectivity index is 2.96. The van der Waals surface area contributed by atoms with Crippen molar-refractivity contribution >= 4 is 5.91 Å². The number of para-hydroxylation sites is 1. The van der Waals surface area contributed by atoms with Crippen molar-refractivity contribution in [1.82, 2.24) is 4.90 Å². The van der Waals surface area contributed by atoms with Crippen LogP contribution in [0.4, 0.5) is 0 Å². The van der Waals surface area contributed by atoms with Gasteiger partial charge < -0.3 is 15.1 Å². The minimum absolute atomic E-state index is 0.00675. The predicted octanol–water partition coefficient (Wildman–Crippen LogP) is 0.765. The lowest BCUT2D eigenvalue weighted by atomic mass is 10.1. The van der Waals surface area contributed by atoms with Gasteiger partial charge in [-0.05, 0) is 18.6 Å². The number of hydrogen-bond donors (Lipinski definition) is 2. The number of phenols is 1. The van der Waals surface area contributed by atoms with Gasteiger partial charge in [0.2, 0.25) is 0 Å². The Bertz CT molecular complexity index is 363. The molecule has 0 radical (unpaired) electrons. The highest BCUT2D eigenvalue weighted by Gasteiger charge is 2.15. The van der Waals surface area contributed by atoms with Crippen LogP contribution in [-0.2, 0) is 0 Å². The van der Waals surface area contributed by atoms with Crippen LogP contribution in [0.15, 0.2) is 18.2 Å². The first-order chi connectivity index (χ1) is 7.07. The van der Waals surface area contributed by atoms with Gasteiger partial charge in [0.1, 0.15) is 5.75 Å². The lowest BCUT2D eigenvalue weighted by Gasteiger charge is -2.16. The van der Waals surface area contributed by atoms with Gasteiger partial charge in [-0.3, -0.25) is 4.79 Å². The van der Waals surface area contributed by atoms with E-state index in [0.717, 1.165) is 0 Å². The van der Waals surface area contributed by atoms with Crippen molar-refractivity contribution < 1.29 is 15.0 Å². The van der Waals surface area contributed by atoms with E-state index in [-0.39, 0.29) is 30.4 Å². The van der Waals surface area contributed by atoms with Gasteiger partial charge in [0.15, 0.2) is 0 Å². The fourth-order valence-electron chi connectivity index (χ4n) is 1.29. The van der Waals surface area contributed by atoms with Gasteiger partial charge >= 0.3 is 0 Å². The topological polar surface area (TPSA) is 60.8 Å². The van der Waals surface area contributed by atoms with E-state index in [1.165, 1.54) is 4.90 Å². The van der Waals surface area contributed by atoms with E-state index >= 15 is 0 Å². The second-order valence-corrected chi connectivity index (χ2v) is 3.42. The van der Waals surface area contributed by atoms with Crippen LogP contribution in [0.3, 0.4) is 0 Å². The zero-order valence-electron chi connectivity index (χ0n) is 8.90. The lowest BCUT2D eigenvalue weighted by molar-refractivity contribution is 0.0764. The Kier molecular flexibility index (Phi) is 3.68. The molecule has 0 aliphatic rings. The number of benzene rings is 1. The molecule has 0 bridgehead atoms. The summed E-state index contributed by atoms with van der Waals surface area (Å²) >= 11 is 0. The molecule has 0 aliphatic heterocycles. The maximum absolute atomic E-state index is 11.8. The average Bonchev–Trinajstić information content (AvgIpc) is 2.21. The summed E-state index contributed by atoms with van der Waals surface area (Å²) in [6.07, 6.45) is 0. The van der Waals surface area contributed by atoms with Crippen LogP contribution in [-0.4, -0.2) is 41.2 Å². The average molecular weight is 209 g/mol. The van der Waals surface area contributed by atoms with Gasteiger partial charge in [-0.15, -0.1) is 0 Å². The van der Waals surface area contributed by atoms with Crippen LogP contribution in [0.25, 0.3) is 0 Å². The van der Waals surface area contributed by atoms with Crippen molar-refractivity contribution in [1.29, 1.82) is 0 Å². The molecule has 1 aromatic carbocycles. The molecule has 15 heavy (non-hydrogen) atoms. The predicted molar refractivity (Wildman–Crippen MR) is 56.9 cm³/mol. The van der Waals surface area contributed by atoms with Crippen molar-refractivity contribution in [2.24, 2.45) is 0 Å². The Morgan fingerprint density at radius 2 is 2.13 bits per heavy atom. The summed E-state index contributed by atoms with van der Waals surface area (Å²) in [6, 6.07) is 5.02. The molecular weight excluding hydrogens is 194 g/mol. The molecule has 0 aromatic heterocycles. The Labute approximate surface area is 88.8 Å². The van der Waals surface area contributed by atoms with Gasteiger partial charge in [0, 0.05) is 13.6 Å². The third-order valence-electron chi connectivity index (χ3n) is 2.25. The van der Waals surface area contributed by atoms with Gasteiger partial charge in [0.05, 0.1) is 12.2 Å². The summed E-state index contributed by atoms with van der Waals surface area (Å²) in [5.41, 5.74) is 0.934. The number of carbonyl (C=O) groups excluding carboxylic acids is 1. The van der Waals surface area contributed by atoms with Crippen LogP contribution in [0.1, 0.15) is 15.9 Å².